The van der Waals surface area contributed by atoms with Crippen molar-refractivity contribution in [1.29, 1.82) is 0 Å². The maximum Gasteiger partial charge on any atom is 0.223 e. The number of hydrogen-bond donors (Lipinski definition) is 2. The molecular formula is C15H16F2N4OS. The topological polar surface area (TPSA) is 62.7 Å². The minimum atomic E-state index is -0.591. The maximum absolute atomic E-state index is 13.7. The summed E-state index contributed by atoms with van der Waals surface area (Å²) in [5.41, 5.74) is 0.0158. The van der Waals surface area contributed by atoms with Crippen molar-refractivity contribution in [2.75, 3.05) is 6.54 Å². The summed E-state index contributed by atoms with van der Waals surface area (Å²) >= 11 is 5.01. The van der Waals surface area contributed by atoms with Crippen LogP contribution < -0.4 is 5.32 Å². The second kappa shape index (κ2) is 6.19. The van der Waals surface area contributed by atoms with Gasteiger partial charge in [-0.25, -0.2) is 8.78 Å². The third-order valence-corrected chi connectivity index (χ3v) is 4.48. The zero-order chi connectivity index (χ0) is 16.6. The highest BCUT2D eigenvalue weighted by Crippen LogP contribution is 2.49. The van der Waals surface area contributed by atoms with E-state index in [-0.39, 0.29) is 23.3 Å². The molecule has 122 valence electrons. The van der Waals surface area contributed by atoms with Gasteiger partial charge < -0.3 is 9.88 Å². The van der Waals surface area contributed by atoms with Gasteiger partial charge in [-0.1, -0.05) is 6.07 Å². The van der Waals surface area contributed by atoms with Gasteiger partial charge in [0, 0.05) is 37.4 Å². The van der Waals surface area contributed by atoms with Gasteiger partial charge in [0.15, 0.2) is 4.77 Å². The van der Waals surface area contributed by atoms with Crippen molar-refractivity contribution in [2.45, 2.75) is 18.8 Å². The molecule has 1 aromatic carbocycles. The van der Waals surface area contributed by atoms with Crippen LogP contribution in [0.5, 0.6) is 0 Å². The van der Waals surface area contributed by atoms with Crippen LogP contribution in [0.25, 0.3) is 0 Å². The van der Waals surface area contributed by atoms with Crippen LogP contribution in [0, 0.1) is 22.3 Å². The Kier molecular flexibility index (Phi) is 4.25. The zero-order valence-electron chi connectivity index (χ0n) is 12.5. The van der Waals surface area contributed by atoms with E-state index in [1.807, 2.05) is 0 Å². The van der Waals surface area contributed by atoms with Crippen LogP contribution in [0.2, 0.25) is 0 Å². The van der Waals surface area contributed by atoms with Crippen molar-refractivity contribution in [1.82, 2.24) is 20.1 Å². The normalized spacial score (nSPS) is 19.6. The van der Waals surface area contributed by atoms with Crippen molar-refractivity contribution in [2.24, 2.45) is 13.0 Å². The smallest absolute Gasteiger partial charge is 0.223 e. The Labute approximate surface area is 136 Å². The van der Waals surface area contributed by atoms with Crippen LogP contribution in [0.1, 0.15) is 23.7 Å². The third kappa shape index (κ3) is 3.17. The van der Waals surface area contributed by atoms with E-state index in [2.05, 4.69) is 15.5 Å². The summed E-state index contributed by atoms with van der Waals surface area (Å²) in [6, 6.07) is 3.76. The van der Waals surface area contributed by atoms with Crippen LogP contribution >= 0.6 is 12.2 Å². The number of nitrogens with one attached hydrogen (secondary N) is 2. The van der Waals surface area contributed by atoms with E-state index in [4.69, 9.17) is 12.2 Å². The molecule has 3 rings (SSSR count). The second-order valence-corrected chi connectivity index (χ2v) is 6.02. The summed E-state index contributed by atoms with van der Waals surface area (Å²) in [4.78, 5) is 12.1. The van der Waals surface area contributed by atoms with E-state index < -0.39 is 11.6 Å². The summed E-state index contributed by atoms with van der Waals surface area (Å²) in [5.74, 6) is -1.38. The Hall–Kier alpha value is -2.09. The molecule has 2 atom stereocenters. The first-order valence-corrected chi connectivity index (χ1v) is 7.71. The molecule has 1 saturated carbocycles. The number of hydrogen-bond acceptors (Lipinski definition) is 3. The molecule has 0 radical (unpaired) electrons. The Morgan fingerprint density at radius 1 is 1.48 bits per heavy atom. The van der Waals surface area contributed by atoms with Gasteiger partial charge in [-0.15, -0.1) is 0 Å². The standard InChI is InChI=1S/C15H16F2N4OS/c1-21-12(19-20-15(21)23)5-6-18-14(22)9-7-8(9)13-10(16)3-2-4-11(13)17/h2-4,8-9H,5-7H2,1H3,(H,18,22)(H,20,23)/t8-,9-/m0/s1. The molecule has 1 aliphatic carbocycles. The third-order valence-electron chi connectivity index (χ3n) is 4.12. The highest BCUT2D eigenvalue weighted by Gasteiger charge is 2.46. The van der Waals surface area contributed by atoms with E-state index in [0.717, 1.165) is 5.82 Å². The molecule has 0 saturated heterocycles. The van der Waals surface area contributed by atoms with E-state index in [1.165, 1.54) is 18.2 Å². The summed E-state index contributed by atoms with van der Waals surface area (Å²) in [6.07, 6.45) is 0.997. The SMILES string of the molecule is Cn1c(CCNC(=O)[C@H]2C[C@@H]2c2c(F)cccc2F)n[nH]c1=S. The number of carbonyl (C=O) groups excluding carboxylic acids is 1. The summed E-state index contributed by atoms with van der Waals surface area (Å²) in [5, 5.41) is 9.51. The van der Waals surface area contributed by atoms with E-state index >= 15 is 0 Å². The molecule has 2 N–H and O–H groups in total. The van der Waals surface area contributed by atoms with Crippen molar-refractivity contribution in [3.05, 3.63) is 46.0 Å². The first kappa shape index (κ1) is 15.8. The fourth-order valence-electron chi connectivity index (χ4n) is 2.70. The van der Waals surface area contributed by atoms with Crippen LogP contribution in [0.3, 0.4) is 0 Å². The number of H-pyrrole nitrogens is 1. The molecule has 1 aromatic heterocycles. The minimum Gasteiger partial charge on any atom is -0.355 e. The molecule has 23 heavy (non-hydrogen) atoms. The Morgan fingerprint density at radius 2 is 2.17 bits per heavy atom. The molecule has 8 heteroatoms. The highest BCUT2D eigenvalue weighted by atomic mass is 32.1. The number of aromatic nitrogens is 3. The molecule has 1 heterocycles. The highest BCUT2D eigenvalue weighted by molar-refractivity contribution is 7.71. The molecule has 2 aromatic rings. The van der Waals surface area contributed by atoms with Crippen molar-refractivity contribution < 1.29 is 13.6 Å². The summed E-state index contributed by atoms with van der Waals surface area (Å²) in [6.45, 7) is 0.398. The number of carbonyl (C=O) groups is 1. The molecule has 1 aliphatic rings. The summed E-state index contributed by atoms with van der Waals surface area (Å²) < 4.78 is 29.7. The maximum atomic E-state index is 13.7. The average Bonchev–Trinajstić information content (AvgIpc) is 3.23. The lowest BCUT2D eigenvalue weighted by atomic mass is 10.1. The lowest BCUT2D eigenvalue weighted by Crippen LogP contribution is -2.28. The number of rotatable bonds is 5. The molecule has 0 unspecified atom stereocenters. The van der Waals surface area contributed by atoms with Gasteiger partial charge in [-0.2, -0.15) is 5.10 Å². The van der Waals surface area contributed by atoms with Gasteiger partial charge >= 0.3 is 0 Å². The largest absolute Gasteiger partial charge is 0.355 e. The molecule has 5 nitrogen and oxygen atoms in total. The molecule has 0 spiro atoms. The van der Waals surface area contributed by atoms with Crippen LogP contribution in [-0.2, 0) is 18.3 Å². The monoisotopic (exact) mass is 338 g/mol. The quantitative estimate of drug-likeness (QED) is 0.822. The lowest BCUT2D eigenvalue weighted by Gasteiger charge is -2.06. The Bertz CT molecular complexity index is 781. The van der Waals surface area contributed by atoms with E-state index in [9.17, 15) is 13.6 Å². The van der Waals surface area contributed by atoms with E-state index in [1.54, 1.807) is 11.6 Å². The van der Waals surface area contributed by atoms with Crippen molar-refractivity contribution in [3.63, 3.8) is 0 Å². The van der Waals surface area contributed by atoms with Gasteiger partial charge in [0.05, 0.1) is 0 Å². The minimum absolute atomic E-state index is 0.0158. The van der Waals surface area contributed by atoms with Crippen LogP contribution in [0.15, 0.2) is 18.2 Å². The van der Waals surface area contributed by atoms with Gasteiger partial charge in [0.1, 0.15) is 17.5 Å². The van der Waals surface area contributed by atoms with Crippen LogP contribution in [-0.4, -0.2) is 27.2 Å². The van der Waals surface area contributed by atoms with Gasteiger partial charge in [0.2, 0.25) is 5.91 Å². The lowest BCUT2D eigenvalue weighted by molar-refractivity contribution is -0.122. The number of nitrogens with zero attached hydrogens (tertiary/aromatic N) is 2. The Balaban J connectivity index is 1.55. The zero-order valence-corrected chi connectivity index (χ0v) is 13.3. The predicted molar refractivity (Wildman–Crippen MR) is 82.3 cm³/mol. The predicted octanol–water partition coefficient (Wildman–Crippen LogP) is 2.22. The number of aromatic amines is 1. The Morgan fingerprint density at radius 3 is 2.78 bits per heavy atom. The van der Waals surface area contributed by atoms with Crippen molar-refractivity contribution in [3.8, 4) is 0 Å². The molecule has 1 amide bonds. The second-order valence-electron chi connectivity index (χ2n) is 5.63. The number of halogens is 2. The first-order valence-electron chi connectivity index (χ1n) is 7.31. The molecular weight excluding hydrogens is 322 g/mol. The fraction of sp³-hybridized carbons (Fsp3) is 0.400. The average molecular weight is 338 g/mol. The van der Waals surface area contributed by atoms with Gasteiger partial charge in [-0.05, 0) is 30.8 Å². The number of amides is 1. The fourth-order valence-corrected chi connectivity index (χ4v) is 2.85. The molecule has 1 fully saturated rings. The van der Waals surface area contributed by atoms with Crippen LogP contribution in [0.4, 0.5) is 8.78 Å². The van der Waals surface area contributed by atoms with Gasteiger partial charge in [0.25, 0.3) is 0 Å². The van der Waals surface area contributed by atoms with Gasteiger partial charge in [-0.3, -0.25) is 9.89 Å². The number of benzene rings is 1. The van der Waals surface area contributed by atoms with E-state index in [0.29, 0.717) is 24.2 Å². The molecule has 0 bridgehead atoms. The van der Waals surface area contributed by atoms with Crippen molar-refractivity contribution >= 4 is 18.1 Å². The molecule has 0 aliphatic heterocycles. The first-order chi connectivity index (χ1) is 11.0. The summed E-state index contributed by atoms with van der Waals surface area (Å²) in [7, 11) is 1.79.